The standard InChI is InChI=1S/C14H17N5O2/c1-10(11-7-16-17-8-11)18-13(20)9-15-14(21)19-12-5-3-2-4-6-12/h2-8,10H,9H2,1H3,(H,16,17)(H,18,20)(H2,15,19,21). The van der Waals surface area contributed by atoms with Gasteiger partial charge in [-0.1, -0.05) is 18.2 Å². The minimum atomic E-state index is -0.424. The lowest BCUT2D eigenvalue weighted by molar-refractivity contribution is -0.120. The zero-order valence-electron chi connectivity index (χ0n) is 11.6. The molecule has 2 aromatic rings. The summed E-state index contributed by atoms with van der Waals surface area (Å²) in [5, 5.41) is 14.4. The Bertz CT molecular complexity index is 583. The molecule has 110 valence electrons. The van der Waals surface area contributed by atoms with Gasteiger partial charge in [0.05, 0.1) is 18.8 Å². The van der Waals surface area contributed by atoms with Crippen molar-refractivity contribution in [1.29, 1.82) is 0 Å². The number of nitrogens with one attached hydrogen (secondary N) is 4. The van der Waals surface area contributed by atoms with E-state index in [0.717, 1.165) is 5.56 Å². The first-order valence-corrected chi connectivity index (χ1v) is 6.53. The number of benzene rings is 1. The number of carbonyl (C=O) groups is 2. The summed E-state index contributed by atoms with van der Waals surface area (Å²) < 4.78 is 0. The van der Waals surface area contributed by atoms with E-state index < -0.39 is 6.03 Å². The molecule has 1 heterocycles. The van der Waals surface area contributed by atoms with Crippen LogP contribution in [-0.2, 0) is 4.79 Å². The molecule has 1 aromatic carbocycles. The Labute approximate surface area is 122 Å². The van der Waals surface area contributed by atoms with Crippen LogP contribution in [0.3, 0.4) is 0 Å². The van der Waals surface area contributed by atoms with Gasteiger partial charge in [-0.25, -0.2) is 4.79 Å². The van der Waals surface area contributed by atoms with Crippen LogP contribution in [0, 0.1) is 0 Å². The van der Waals surface area contributed by atoms with E-state index in [4.69, 9.17) is 0 Å². The van der Waals surface area contributed by atoms with Gasteiger partial charge in [-0.05, 0) is 19.1 Å². The maximum atomic E-state index is 11.7. The second kappa shape index (κ2) is 7.09. The average Bonchev–Trinajstić information content (AvgIpc) is 3.00. The summed E-state index contributed by atoms with van der Waals surface area (Å²) >= 11 is 0. The summed E-state index contributed by atoms with van der Waals surface area (Å²) in [5.74, 6) is -0.271. The number of hydrogen-bond donors (Lipinski definition) is 4. The van der Waals surface area contributed by atoms with E-state index in [9.17, 15) is 9.59 Å². The van der Waals surface area contributed by atoms with Crippen molar-refractivity contribution in [3.63, 3.8) is 0 Å². The minimum absolute atomic E-state index is 0.0964. The van der Waals surface area contributed by atoms with Crippen molar-refractivity contribution >= 4 is 17.6 Å². The SMILES string of the molecule is CC(NC(=O)CNC(=O)Nc1ccccc1)c1cn[nH]c1. The zero-order valence-corrected chi connectivity index (χ0v) is 11.6. The molecule has 0 fully saturated rings. The number of rotatable bonds is 5. The smallest absolute Gasteiger partial charge is 0.319 e. The molecule has 4 N–H and O–H groups in total. The van der Waals surface area contributed by atoms with Gasteiger partial charge < -0.3 is 16.0 Å². The van der Waals surface area contributed by atoms with Crippen LogP contribution in [0.15, 0.2) is 42.7 Å². The van der Waals surface area contributed by atoms with Gasteiger partial charge in [-0.2, -0.15) is 5.10 Å². The number of aromatic amines is 1. The van der Waals surface area contributed by atoms with Crippen LogP contribution < -0.4 is 16.0 Å². The lowest BCUT2D eigenvalue weighted by Gasteiger charge is -2.12. The molecule has 7 heteroatoms. The molecule has 0 saturated heterocycles. The average molecular weight is 287 g/mol. The predicted molar refractivity (Wildman–Crippen MR) is 78.6 cm³/mol. The first kappa shape index (κ1) is 14.6. The fourth-order valence-electron chi connectivity index (χ4n) is 1.73. The van der Waals surface area contributed by atoms with E-state index in [1.165, 1.54) is 0 Å². The van der Waals surface area contributed by atoms with E-state index in [1.807, 2.05) is 25.1 Å². The van der Waals surface area contributed by atoms with Gasteiger partial charge in [0.1, 0.15) is 0 Å². The number of nitrogens with zero attached hydrogens (tertiary/aromatic N) is 1. The third-order valence-electron chi connectivity index (χ3n) is 2.84. The summed E-state index contributed by atoms with van der Waals surface area (Å²) in [6.07, 6.45) is 3.35. The van der Waals surface area contributed by atoms with Crippen LogP contribution in [0.25, 0.3) is 0 Å². The molecule has 1 unspecified atom stereocenters. The molecule has 1 aromatic heterocycles. The highest BCUT2D eigenvalue weighted by molar-refractivity contribution is 5.92. The summed E-state index contributed by atoms with van der Waals surface area (Å²) in [7, 11) is 0. The molecule has 7 nitrogen and oxygen atoms in total. The highest BCUT2D eigenvalue weighted by Crippen LogP contribution is 2.08. The molecule has 0 spiro atoms. The van der Waals surface area contributed by atoms with Gasteiger partial charge in [0.2, 0.25) is 5.91 Å². The third-order valence-corrected chi connectivity index (χ3v) is 2.84. The quantitative estimate of drug-likeness (QED) is 0.669. The molecule has 21 heavy (non-hydrogen) atoms. The number of urea groups is 1. The van der Waals surface area contributed by atoms with Crippen molar-refractivity contribution < 1.29 is 9.59 Å². The first-order chi connectivity index (χ1) is 10.1. The number of carbonyl (C=O) groups excluding carboxylic acids is 2. The molecule has 1 atom stereocenters. The second-order valence-electron chi connectivity index (χ2n) is 4.49. The van der Waals surface area contributed by atoms with Crippen LogP contribution in [0.1, 0.15) is 18.5 Å². The van der Waals surface area contributed by atoms with Crippen LogP contribution >= 0.6 is 0 Å². The van der Waals surface area contributed by atoms with Crippen molar-refractivity contribution in [2.24, 2.45) is 0 Å². The molecular weight excluding hydrogens is 270 g/mol. The lowest BCUT2D eigenvalue weighted by Crippen LogP contribution is -2.39. The molecule has 0 saturated carbocycles. The van der Waals surface area contributed by atoms with Gasteiger partial charge in [-0.15, -0.1) is 0 Å². The second-order valence-corrected chi connectivity index (χ2v) is 4.49. The van der Waals surface area contributed by atoms with Crippen molar-refractivity contribution in [2.75, 3.05) is 11.9 Å². The number of para-hydroxylation sites is 1. The van der Waals surface area contributed by atoms with Gasteiger partial charge in [0, 0.05) is 17.4 Å². The van der Waals surface area contributed by atoms with Gasteiger partial charge >= 0.3 is 6.03 Å². The van der Waals surface area contributed by atoms with Crippen LogP contribution in [0.4, 0.5) is 10.5 Å². The van der Waals surface area contributed by atoms with Gasteiger partial charge in [-0.3, -0.25) is 9.89 Å². The van der Waals surface area contributed by atoms with Gasteiger partial charge in [0.15, 0.2) is 0 Å². The van der Waals surface area contributed by atoms with Crippen molar-refractivity contribution in [3.8, 4) is 0 Å². The Morgan fingerprint density at radius 2 is 2.05 bits per heavy atom. The van der Waals surface area contributed by atoms with E-state index in [0.29, 0.717) is 5.69 Å². The fourth-order valence-corrected chi connectivity index (χ4v) is 1.73. The summed E-state index contributed by atoms with van der Waals surface area (Å²) in [6.45, 7) is 1.74. The first-order valence-electron chi connectivity index (χ1n) is 6.53. The van der Waals surface area contributed by atoms with E-state index >= 15 is 0 Å². The summed E-state index contributed by atoms with van der Waals surface area (Å²) in [6, 6.07) is 8.42. The topological polar surface area (TPSA) is 98.9 Å². The van der Waals surface area contributed by atoms with Crippen LogP contribution in [0.2, 0.25) is 0 Å². The molecule has 0 bridgehead atoms. The largest absolute Gasteiger partial charge is 0.348 e. The molecule has 2 rings (SSSR count). The Morgan fingerprint density at radius 3 is 2.71 bits per heavy atom. The molecule has 0 aliphatic rings. The monoisotopic (exact) mass is 287 g/mol. The number of anilines is 1. The third kappa shape index (κ3) is 4.64. The number of hydrogen-bond acceptors (Lipinski definition) is 3. The normalized spacial score (nSPS) is 11.5. The molecular formula is C14H17N5O2. The lowest BCUT2D eigenvalue weighted by atomic mass is 10.2. The Morgan fingerprint density at radius 1 is 1.29 bits per heavy atom. The highest BCUT2D eigenvalue weighted by Gasteiger charge is 2.11. The van der Waals surface area contributed by atoms with Crippen molar-refractivity contribution in [2.45, 2.75) is 13.0 Å². The maximum Gasteiger partial charge on any atom is 0.319 e. The van der Waals surface area contributed by atoms with Crippen LogP contribution in [-0.4, -0.2) is 28.7 Å². The highest BCUT2D eigenvalue weighted by atomic mass is 16.2. The van der Waals surface area contributed by atoms with E-state index in [2.05, 4.69) is 26.1 Å². The van der Waals surface area contributed by atoms with Crippen LogP contribution in [0.5, 0.6) is 0 Å². The molecule has 0 aliphatic heterocycles. The minimum Gasteiger partial charge on any atom is -0.348 e. The number of aromatic nitrogens is 2. The van der Waals surface area contributed by atoms with Crippen molar-refractivity contribution in [3.05, 3.63) is 48.3 Å². The fraction of sp³-hybridized carbons (Fsp3) is 0.214. The molecule has 3 amide bonds. The zero-order chi connectivity index (χ0) is 15.1. The van der Waals surface area contributed by atoms with E-state index in [-0.39, 0.29) is 18.5 Å². The Kier molecular flexibility index (Phi) is 4.92. The molecule has 0 aliphatic carbocycles. The van der Waals surface area contributed by atoms with Crippen molar-refractivity contribution in [1.82, 2.24) is 20.8 Å². The molecule has 0 radical (unpaired) electrons. The number of amides is 3. The predicted octanol–water partition coefficient (Wildman–Crippen LogP) is 1.41. The Balaban J connectivity index is 1.72. The number of H-pyrrole nitrogens is 1. The Hall–Kier alpha value is -2.83. The van der Waals surface area contributed by atoms with E-state index in [1.54, 1.807) is 24.5 Å². The maximum absolute atomic E-state index is 11.7. The van der Waals surface area contributed by atoms with Gasteiger partial charge in [0.25, 0.3) is 0 Å². The summed E-state index contributed by atoms with van der Waals surface area (Å²) in [4.78, 5) is 23.3. The summed E-state index contributed by atoms with van der Waals surface area (Å²) in [5.41, 5.74) is 1.54.